The van der Waals surface area contributed by atoms with Gasteiger partial charge in [-0.3, -0.25) is 0 Å². The molecule has 3 nitrogen and oxygen atoms in total. The first-order chi connectivity index (χ1) is 7.62. The number of hydrogen-bond acceptors (Lipinski definition) is 2. The van der Waals surface area contributed by atoms with Crippen molar-refractivity contribution in [2.75, 3.05) is 26.7 Å². The molecule has 0 amide bonds. The summed E-state index contributed by atoms with van der Waals surface area (Å²) in [5.41, 5.74) is 5.41. The van der Waals surface area contributed by atoms with Crippen LogP contribution in [0.1, 0.15) is 58.3 Å². The third-order valence-electron chi connectivity index (χ3n) is 3.07. The Balaban J connectivity index is 3.29. The average Bonchev–Trinajstić information content (AvgIpc) is 2.25. The normalized spacial score (nSPS) is 15.0. The summed E-state index contributed by atoms with van der Waals surface area (Å²) in [7, 11) is 1.77. The molecular weight excluding hydrogens is 200 g/mol. The van der Waals surface area contributed by atoms with E-state index in [9.17, 15) is 5.21 Å². The van der Waals surface area contributed by atoms with Crippen molar-refractivity contribution in [1.29, 1.82) is 0 Å². The van der Waals surface area contributed by atoms with Gasteiger partial charge in [-0.05, 0) is 19.4 Å². The highest BCUT2D eigenvalue weighted by molar-refractivity contribution is 4.47. The molecule has 0 aliphatic heterocycles. The van der Waals surface area contributed by atoms with E-state index in [4.69, 9.17) is 5.73 Å². The van der Waals surface area contributed by atoms with Crippen LogP contribution in [0.3, 0.4) is 0 Å². The monoisotopic (exact) mass is 230 g/mol. The van der Waals surface area contributed by atoms with E-state index >= 15 is 0 Å². The third-order valence-corrected chi connectivity index (χ3v) is 3.07. The minimum Gasteiger partial charge on any atom is -0.633 e. The molecule has 0 aromatic heterocycles. The molecule has 0 aromatic rings. The minimum absolute atomic E-state index is 0.105. The van der Waals surface area contributed by atoms with Gasteiger partial charge >= 0.3 is 0 Å². The smallest absolute Gasteiger partial charge is 0.0794 e. The molecular formula is C13H30N2O. The number of unbranched alkanes of at least 4 members (excludes halogenated alkanes) is 6. The predicted molar refractivity (Wildman–Crippen MR) is 70.9 cm³/mol. The molecule has 98 valence electrons. The van der Waals surface area contributed by atoms with Crippen LogP contribution in [0.15, 0.2) is 0 Å². The highest BCUT2D eigenvalue weighted by atomic mass is 16.5. The van der Waals surface area contributed by atoms with Crippen LogP contribution in [0.5, 0.6) is 0 Å². The summed E-state index contributed by atoms with van der Waals surface area (Å²) in [6.07, 6.45) is 9.75. The Kier molecular flexibility index (Phi) is 9.99. The van der Waals surface area contributed by atoms with Gasteiger partial charge in [0.25, 0.3) is 0 Å². The van der Waals surface area contributed by atoms with Crippen LogP contribution < -0.4 is 5.73 Å². The van der Waals surface area contributed by atoms with Gasteiger partial charge in [0.15, 0.2) is 0 Å². The number of nitrogens with two attached hydrogens (primary N) is 1. The zero-order valence-corrected chi connectivity index (χ0v) is 11.2. The second-order valence-electron chi connectivity index (χ2n) is 5.01. The Bertz CT molecular complexity index is 149. The van der Waals surface area contributed by atoms with Crippen LogP contribution in [0, 0.1) is 5.21 Å². The molecule has 0 fully saturated rings. The standard InChI is InChI=1S/C13H30N2O/c1-3-4-5-6-7-8-9-12-15(2,16)13-10-11-14/h3-14H2,1-2H3. The summed E-state index contributed by atoms with van der Waals surface area (Å²) >= 11 is 0. The fourth-order valence-corrected chi connectivity index (χ4v) is 1.94. The van der Waals surface area contributed by atoms with E-state index in [2.05, 4.69) is 6.92 Å². The molecule has 1 atom stereocenters. The van der Waals surface area contributed by atoms with Crippen LogP contribution in [0.4, 0.5) is 0 Å². The first-order valence-electron chi connectivity index (χ1n) is 6.88. The lowest BCUT2D eigenvalue weighted by molar-refractivity contribution is -0.861. The lowest BCUT2D eigenvalue weighted by atomic mass is 10.1. The van der Waals surface area contributed by atoms with Crippen molar-refractivity contribution in [3.63, 3.8) is 0 Å². The van der Waals surface area contributed by atoms with E-state index in [0.29, 0.717) is 13.1 Å². The highest BCUT2D eigenvalue weighted by Gasteiger charge is 2.08. The van der Waals surface area contributed by atoms with Gasteiger partial charge in [0.05, 0.1) is 20.1 Å². The van der Waals surface area contributed by atoms with E-state index in [1.54, 1.807) is 7.05 Å². The number of nitrogens with zero attached hydrogens (tertiary/aromatic N) is 1. The van der Waals surface area contributed by atoms with Gasteiger partial charge in [0, 0.05) is 6.42 Å². The SMILES string of the molecule is CCCCCCCCC[N+](C)([O-])CCCN. The summed E-state index contributed by atoms with van der Waals surface area (Å²) < 4.78 is -0.105. The number of hydrogen-bond donors (Lipinski definition) is 1. The van der Waals surface area contributed by atoms with Gasteiger partial charge in [-0.15, -0.1) is 0 Å². The first-order valence-corrected chi connectivity index (χ1v) is 6.88. The van der Waals surface area contributed by atoms with Crippen LogP contribution in [-0.4, -0.2) is 31.3 Å². The second kappa shape index (κ2) is 10.1. The number of quaternary nitrogens is 1. The van der Waals surface area contributed by atoms with Crippen LogP contribution in [-0.2, 0) is 0 Å². The predicted octanol–water partition coefficient (Wildman–Crippen LogP) is 3.03. The lowest BCUT2D eigenvalue weighted by Gasteiger charge is -2.38. The maximum Gasteiger partial charge on any atom is 0.0794 e. The Morgan fingerprint density at radius 1 is 0.875 bits per heavy atom. The summed E-state index contributed by atoms with van der Waals surface area (Å²) in [5.74, 6) is 0. The first kappa shape index (κ1) is 15.9. The summed E-state index contributed by atoms with van der Waals surface area (Å²) in [6.45, 7) is 4.30. The van der Waals surface area contributed by atoms with E-state index in [1.165, 1.54) is 38.5 Å². The van der Waals surface area contributed by atoms with Gasteiger partial charge in [-0.2, -0.15) is 0 Å². The molecule has 0 radical (unpaired) electrons. The van der Waals surface area contributed by atoms with E-state index in [-0.39, 0.29) is 4.65 Å². The van der Waals surface area contributed by atoms with Gasteiger partial charge in [0.2, 0.25) is 0 Å². The third kappa shape index (κ3) is 10.4. The van der Waals surface area contributed by atoms with Gasteiger partial charge in [-0.25, -0.2) is 0 Å². The highest BCUT2D eigenvalue weighted by Crippen LogP contribution is 2.10. The zero-order valence-electron chi connectivity index (χ0n) is 11.2. The summed E-state index contributed by atoms with van der Waals surface area (Å²) in [5, 5.41) is 11.9. The molecule has 0 spiro atoms. The molecule has 0 rings (SSSR count). The number of hydroxylamine groups is 3. The molecule has 2 N–H and O–H groups in total. The van der Waals surface area contributed by atoms with E-state index in [0.717, 1.165) is 19.4 Å². The second-order valence-corrected chi connectivity index (χ2v) is 5.01. The number of rotatable bonds is 11. The fraction of sp³-hybridized carbons (Fsp3) is 1.00. The van der Waals surface area contributed by atoms with E-state index in [1.807, 2.05) is 0 Å². The Labute approximate surface area is 101 Å². The molecule has 0 heterocycles. The quantitative estimate of drug-likeness (QED) is 0.337. The average molecular weight is 230 g/mol. The van der Waals surface area contributed by atoms with Gasteiger partial charge in [-0.1, -0.05) is 39.0 Å². The molecule has 1 unspecified atom stereocenters. The topological polar surface area (TPSA) is 49.1 Å². The molecule has 0 aliphatic rings. The molecule has 0 saturated heterocycles. The van der Waals surface area contributed by atoms with Crippen molar-refractivity contribution in [3.8, 4) is 0 Å². The van der Waals surface area contributed by atoms with Gasteiger partial charge in [0.1, 0.15) is 0 Å². The molecule has 0 bridgehead atoms. The zero-order chi connectivity index (χ0) is 12.3. The van der Waals surface area contributed by atoms with Crippen LogP contribution >= 0.6 is 0 Å². The molecule has 3 heteroatoms. The Morgan fingerprint density at radius 3 is 1.94 bits per heavy atom. The van der Waals surface area contributed by atoms with Crippen LogP contribution in [0.2, 0.25) is 0 Å². The Morgan fingerprint density at radius 2 is 1.38 bits per heavy atom. The minimum atomic E-state index is -0.105. The van der Waals surface area contributed by atoms with Crippen molar-refractivity contribution >= 4 is 0 Å². The fourth-order valence-electron chi connectivity index (χ4n) is 1.94. The van der Waals surface area contributed by atoms with Crippen molar-refractivity contribution in [3.05, 3.63) is 5.21 Å². The Hall–Kier alpha value is -0.120. The van der Waals surface area contributed by atoms with Crippen molar-refractivity contribution in [1.82, 2.24) is 0 Å². The van der Waals surface area contributed by atoms with Crippen molar-refractivity contribution in [2.24, 2.45) is 5.73 Å². The largest absolute Gasteiger partial charge is 0.633 e. The lowest BCUT2D eigenvalue weighted by Crippen LogP contribution is -2.40. The van der Waals surface area contributed by atoms with Crippen molar-refractivity contribution in [2.45, 2.75) is 58.3 Å². The van der Waals surface area contributed by atoms with Crippen molar-refractivity contribution < 1.29 is 4.65 Å². The molecule has 0 aliphatic carbocycles. The molecule has 0 saturated carbocycles. The maximum absolute atomic E-state index is 11.9. The summed E-state index contributed by atoms with van der Waals surface area (Å²) in [4.78, 5) is 0. The summed E-state index contributed by atoms with van der Waals surface area (Å²) in [6, 6.07) is 0. The van der Waals surface area contributed by atoms with E-state index < -0.39 is 0 Å². The maximum atomic E-state index is 11.9. The van der Waals surface area contributed by atoms with Gasteiger partial charge < -0.3 is 15.6 Å². The molecule has 16 heavy (non-hydrogen) atoms. The molecule has 0 aromatic carbocycles. The van der Waals surface area contributed by atoms with Crippen LogP contribution in [0.25, 0.3) is 0 Å².